The molecule has 2 aromatic heterocycles. The van der Waals surface area contributed by atoms with Crippen molar-refractivity contribution in [1.82, 2.24) is 83.3 Å². The number of aliphatic hydroxyl groups is 3. The summed E-state index contributed by atoms with van der Waals surface area (Å²) in [6.45, 7) is 9.61. The van der Waals surface area contributed by atoms with E-state index in [4.69, 9.17) is 20.9 Å². The molecule has 594 valence electrons. The zero-order valence-electron chi connectivity index (χ0n) is 62.4. The summed E-state index contributed by atoms with van der Waals surface area (Å²) in [4.78, 5) is 162. The molecule has 11 atom stereocenters. The molecule has 0 radical (unpaired) electrons. The monoisotopic (exact) mass is 1530 g/mol. The zero-order valence-corrected chi connectivity index (χ0v) is 62.4. The van der Waals surface area contributed by atoms with Crippen LogP contribution in [0.4, 0.5) is 4.39 Å². The molecule has 7 rings (SSSR count). The standard InChI is InChI=1S/C75H101FN18O16/c1-7-49-33-53(109-28-11-10-25-77)21-22-55(49)50-19-17-47(18-20-50)32-59(69(103)83-57(67(78)101)16-12-13-48-30-43(2)29-44(3)31-48)84-70(104)60(35-64(100)110-54-24-27-94(39-54)26-23-52-37-79-41-81-52)85-71(105)61(40-95)86-72(106)65(45(4)97)88-74(108)75(6,36-51-14-8-9-15-56(51)76)89-73(107)66(46(5)98)87-63(99)38-80-68(102)58(82-42-96)34-62-90-92-93-91-62/h8-9,14-15,17-22,29-31,33,37,41-42,45-46,54,57-61,65-66,95,97-98H,7,10-13,16,23-28,32,34-36,38-40,77H2,1-6H3,(H2,78,101)(H,79,81)(H,80,102)(H,82,96)(H,83,103)(H,84,104)(H,85,105)(H,86,106)(H,87,99)(H,88,108)(H,89,107)(H,90,91,92,93)/t45-,46-,54-,57+,58?,59+,60?,61?,65?,66?,75?/m1/s1. The van der Waals surface area contributed by atoms with Crippen LogP contribution in [0.3, 0.4) is 0 Å². The van der Waals surface area contributed by atoms with Crippen molar-refractivity contribution >= 4 is 65.5 Å². The molecular formula is C75H101FN18O16. The molecule has 18 N–H and O–H groups in total. The topological polar surface area (TPSA) is 514 Å². The fourth-order valence-electron chi connectivity index (χ4n) is 12.6. The van der Waals surface area contributed by atoms with Crippen molar-refractivity contribution in [2.24, 2.45) is 11.5 Å². The quantitative estimate of drug-likeness (QED) is 0.0119. The molecule has 0 spiro atoms. The van der Waals surface area contributed by atoms with Gasteiger partial charge in [-0.1, -0.05) is 90.0 Å². The summed E-state index contributed by atoms with van der Waals surface area (Å²) in [6, 6.07) is 12.0. The minimum absolute atomic E-state index is 0.0369. The highest BCUT2D eigenvalue weighted by molar-refractivity contribution is 6.00. The lowest BCUT2D eigenvalue weighted by molar-refractivity contribution is -0.151. The van der Waals surface area contributed by atoms with Crippen LogP contribution in [0.25, 0.3) is 11.1 Å². The number of benzene rings is 4. The van der Waals surface area contributed by atoms with Gasteiger partial charge in [0.05, 0.1) is 44.7 Å². The van der Waals surface area contributed by atoms with Gasteiger partial charge in [-0.3, -0.25) is 57.6 Å². The summed E-state index contributed by atoms with van der Waals surface area (Å²) < 4.78 is 27.4. The Labute approximate surface area is 635 Å². The first kappa shape index (κ1) is 86.1. The summed E-state index contributed by atoms with van der Waals surface area (Å²) >= 11 is 0. The number of amides is 10. The second kappa shape index (κ2) is 42.6. The minimum atomic E-state index is -2.35. The predicted molar refractivity (Wildman–Crippen MR) is 397 cm³/mol. The highest BCUT2D eigenvalue weighted by atomic mass is 19.1. The van der Waals surface area contributed by atoms with Crippen LogP contribution in [0.2, 0.25) is 0 Å². The number of H-pyrrole nitrogens is 2. The SMILES string of the molecule is CCc1cc(OCCCCN)ccc1-c1ccc(C[C@H](NC(=O)C(CC(=O)O[C@@H]2CCN(CCc3cnc[nH]3)C2)NC(=O)C(CO)NC(=O)C(NC(=O)C(C)(Cc2ccccc2F)NC(=O)C(NC(=O)CNC(=O)C(Cc2nn[nH]n2)NC=O)[C@@H](C)O)[C@@H](C)O)C(=O)N[C@@H](CCCc2cc(C)cc(C)c2)C(N)=O)cc1. The van der Waals surface area contributed by atoms with Gasteiger partial charge in [0.25, 0.3) is 0 Å². The lowest BCUT2D eigenvalue weighted by Gasteiger charge is -2.34. The first-order chi connectivity index (χ1) is 52.6. The number of nitrogens with one attached hydrogen (secondary N) is 11. The molecule has 1 aliphatic rings. The third-order valence-corrected chi connectivity index (χ3v) is 18.5. The van der Waals surface area contributed by atoms with Gasteiger partial charge in [0, 0.05) is 57.2 Å². The third kappa shape index (κ3) is 26.6. The normalized spacial score (nSPS) is 15.8. The summed E-state index contributed by atoms with van der Waals surface area (Å²) in [5.41, 5.74) is 16.3. The van der Waals surface area contributed by atoms with Crippen molar-refractivity contribution in [1.29, 1.82) is 0 Å². The molecule has 1 saturated heterocycles. The molecule has 1 aliphatic heterocycles. The number of aromatic nitrogens is 6. The number of carbonyl (C=O) groups is 11. The van der Waals surface area contributed by atoms with E-state index in [1.54, 1.807) is 24.7 Å². The highest BCUT2D eigenvalue weighted by Crippen LogP contribution is 2.29. The number of ether oxygens (including phenoxy) is 2. The van der Waals surface area contributed by atoms with Gasteiger partial charge in [0.1, 0.15) is 65.5 Å². The number of aromatic amines is 2. The fourth-order valence-corrected chi connectivity index (χ4v) is 12.6. The van der Waals surface area contributed by atoms with E-state index in [9.17, 15) is 63.3 Å². The number of hydrogen-bond acceptors (Lipinski definition) is 22. The minimum Gasteiger partial charge on any atom is -0.494 e. The number of aryl methyl sites for hydroxylation is 4. The van der Waals surface area contributed by atoms with E-state index in [0.717, 1.165) is 78.8 Å². The Hall–Kier alpha value is -11.1. The van der Waals surface area contributed by atoms with Crippen molar-refractivity contribution in [2.45, 2.75) is 185 Å². The van der Waals surface area contributed by atoms with E-state index in [0.29, 0.717) is 76.2 Å². The summed E-state index contributed by atoms with van der Waals surface area (Å²) in [6.07, 6.45) is 1.45. The number of carbonyl (C=O) groups excluding carboxylic acids is 11. The summed E-state index contributed by atoms with van der Waals surface area (Å²) in [7, 11) is 0. The number of imidazole rings is 1. The lowest BCUT2D eigenvalue weighted by atomic mass is 9.90. The molecule has 6 aromatic rings. The first-order valence-electron chi connectivity index (χ1n) is 36.4. The molecule has 0 bridgehead atoms. The fraction of sp³-hybridized carbons (Fsp3) is 0.480. The molecule has 0 saturated carbocycles. The molecular weight excluding hydrogens is 1430 g/mol. The molecule has 3 heterocycles. The van der Waals surface area contributed by atoms with Gasteiger partial charge < -0.3 is 89.1 Å². The number of rotatable bonds is 45. The van der Waals surface area contributed by atoms with Crippen molar-refractivity contribution < 1.29 is 81.9 Å². The van der Waals surface area contributed by atoms with Crippen molar-refractivity contribution in [3.05, 3.63) is 148 Å². The van der Waals surface area contributed by atoms with Crippen LogP contribution in [0.1, 0.15) is 111 Å². The highest BCUT2D eigenvalue weighted by Gasteiger charge is 2.43. The molecule has 0 aliphatic carbocycles. The second-order valence-electron chi connectivity index (χ2n) is 27.5. The van der Waals surface area contributed by atoms with Crippen LogP contribution >= 0.6 is 0 Å². The van der Waals surface area contributed by atoms with Crippen LogP contribution in [-0.4, -0.2) is 228 Å². The Balaban J connectivity index is 1.13. The number of primary amides is 1. The van der Waals surface area contributed by atoms with Crippen LogP contribution in [-0.2, 0) is 96.0 Å². The number of nitrogens with zero attached hydrogens (tertiary/aromatic N) is 5. The van der Waals surface area contributed by atoms with Gasteiger partial charge in [-0.05, 0) is 138 Å². The molecule has 6 unspecified atom stereocenters. The Bertz CT molecular complexity index is 4060. The Kier molecular flexibility index (Phi) is 33.3. The van der Waals surface area contributed by atoms with Gasteiger partial charge in [0.2, 0.25) is 59.6 Å². The van der Waals surface area contributed by atoms with Crippen LogP contribution in [0, 0.1) is 19.7 Å². The molecule has 34 nitrogen and oxygen atoms in total. The molecule has 1 fully saturated rings. The number of nitrogens with two attached hydrogens (primary N) is 2. The van der Waals surface area contributed by atoms with Gasteiger partial charge in [-0.25, -0.2) is 9.37 Å². The van der Waals surface area contributed by atoms with Gasteiger partial charge >= 0.3 is 5.97 Å². The lowest BCUT2D eigenvalue weighted by Crippen LogP contribution is -2.67. The number of tetrazole rings is 1. The maximum absolute atomic E-state index is 15.5. The number of unbranched alkanes of at least 4 members (excludes halogenated alkanes) is 1. The molecule has 35 heteroatoms. The van der Waals surface area contributed by atoms with Gasteiger partial charge in [-0.2, -0.15) is 5.21 Å². The van der Waals surface area contributed by atoms with Crippen LogP contribution < -0.4 is 64.1 Å². The van der Waals surface area contributed by atoms with Gasteiger partial charge in [-0.15, -0.1) is 10.2 Å². The van der Waals surface area contributed by atoms with Crippen molar-refractivity contribution in [2.75, 3.05) is 45.9 Å². The Morgan fingerprint density at radius 3 is 2.08 bits per heavy atom. The number of hydrogen-bond donors (Lipinski definition) is 16. The number of halogens is 1. The second-order valence-corrected chi connectivity index (χ2v) is 27.5. The zero-order chi connectivity index (χ0) is 80.0. The van der Waals surface area contributed by atoms with E-state index in [1.165, 1.54) is 18.2 Å². The van der Waals surface area contributed by atoms with Crippen LogP contribution in [0.15, 0.2) is 97.5 Å². The van der Waals surface area contributed by atoms with Crippen molar-refractivity contribution in [3.8, 4) is 16.9 Å². The Morgan fingerprint density at radius 1 is 0.755 bits per heavy atom. The maximum Gasteiger partial charge on any atom is 0.308 e. The van der Waals surface area contributed by atoms with E-state index in [1.807, 2.05) is 69.3 Å². The van der Waals surface area contributed by atoms with Crippen molar-refractivity contribution in [3.63, 3.8) is 0 Å². The van der Waals surface area contributed by atoms with E-state index in [-0.39, 0.29) is 37.1 Å². The largest absolute Gasteiger partial charge is 0.494 e. The van der Waals surface area contributed by atoms with E-state index in [2.05, 4.69) is 83.3 Å². The smallest absolute Gasteiger partial charge is 0.308 e. The summed E-state index contributed by atoms with van der Waals surface area (Å²) in [5, 5.41) is 67.5. The summed E-state index contributed by atoms with van der Waals surface area (Å²) in [5.74, 6) is -11.1. The number of likely N-dealkylation sites (tertiary alicyclic amines) is 1. The van der Waals surface area contributed by atoms with E-state index < -0.39 is 157 Å². The average Bonchev–Trinajstić information content (AvgIpc) is 1.25. The number of aliphatic hydroxyl groups excluding tert-OH is 3. The molecule has 110 heavy (non-hydrogen) atoms. The molecule has 10 amide bonds. The number of esters is 1. The maximum atomic E-state index is 15.5. The van der Waals surface area contributed by atoms with Gasteiger partial charge in [0.15, 0.2) is 5.82 Å². The van der Waals surface area contributed by atoms with E-state index >= 15 is 9.18 Å². The molecule has 4 aromatic carbocycles. The third-order valence-electron chi connectivity index (χ3n) is 18.5. The predicted octanol–water partition coefficient (Wildman–Crippen LogP) is -1.42. The average molecular weight is 1530 g/mol. The first-order valence-corrected chi connectivity index (χ1v) is 36.4. The Morgan fingerprint density at radius 2 is 1.44 bits per heavy atom. The van der Waals surface area contributed by atoms with Crippen LogP contribution in [0.5, 0.6) is 5.75 Å².